The fraction of sp³-hybridized carbons (Fsp3) is 0.636. The molecule has 106 valence electrons. The van der Waals surface area contributed by atoms with E-state index >= 15 is 0 Å². The molecule has 19 heavy (non-hydrogen) atoms. The average molecular weight is 287 g/mol. The first-order chi connectivity index (χ1) is 8.75. The molecular weight excluding hydrogens is 270 g/mol. The van der Waals surface area contributed by atoms with Crippen molar-refractivity contribution in [3.63, 3.8) is 0 Å². The zero-order chi connectivity index (χ0) is 14.3. The number of hydrogen-bond acceptors (Lipinski definition) is 4. The van der Waals surface area contributed by atoms with Crippen LogP contribution < -0.4 is 0 Å². The lowest BCUT2D eigenvalue weighted by Gasteiger charge is -2.36. The van der Waals surface area contributed by atoms with E-state index in [2.05, 4.69) is 5.10 Å². The lowest BCUT2D eigenvalue weighted by molar-refractivity contribution is -0.150. The summed E-state index contributed by atoms with van der Waals surface area (Å²) < 4.78 is 27.4. The number of nitrogens with zero attached hydrogens (tertiary/aromatic N) is 3. The van der Waals surface area contributed by atoms with Gasteiger partial charge < -0.3 is 5.11 Å². The van der Waals surface area contributed by atoms with Crippen LogP contribution in [0.4, 0.5) is 0 Å². The van der Waals surface area contributed by atoms with Crippen LogP contribution in [-0.2, 0) is 21.9 Å². The molecule has 0 saturated carbocycles. The third kappa shape index (κ3) is 2.50. The highest BCUT2D eigenvalue weighted by Crippen LogP contribution is 2.32. The number of sulfonamides is 1. The largest absolute Gasteiger partial charge is 0.481 e. The molecular formula is C11H17N3O4S. The van der Waals surface area contributed by atoms with Gasteiger partial charge in [0.25, 0.3) is 0 Å². The van der Waals surface area contributed by atoms with Crippen molar-refractivity contribution in [3.8, 4) is 0 Å². The van der Waals surface area contributed by atoms with Crippen LogP contribution in [0.3, 0.4) is 0 Å². The second-order valence-electron chi connectivity index (χ2n) is 5.16. The number of rotatable bonds is 3. The lowest BCUT2D eigenvalue weighted by atomic mass is 9.83. The van der Waals surface area contributed by atoms with Crippen molar-refractivity contribution in [1.29, 1.82) is 0 Å². The Hall–Kier alpha value is -1.41. The normalized spacial score (nSPS) is 25.4. The Labute approximate surface area is 111 Å². The SMILES string of the molecule is Cn1cc(S(=O)(=O)N2CCCC(C)(C(=O)O)C2)cn1. The van der Waals surface area contributed by atoms with Gasteiger partial charge in [0, 0.05) is 26.3 Å². The van der Waals surface area contributed by atoms with Gasteiger partial charge in [0.1, 0.15) is 4.90 Å². The predicted molar refractivity (Wildman–Crippen MR) is 66.9 cm³/mol. The molecule has 1 unspecified atom stereocenters. The molecule has 2 heterocycles. The maximum Gasteiger partial charge on any atom is 0.310 e. The highest BCUT2D eigenvalue weighted by molar-refractivity contribution is 7.89. The molecule has 0 bridgehead atoms. The fourth-order valence-electron chi connectivity index (χ4n) is 2.25. The van der Waals surface area contributed by atoms with Crippen molar-refractivity contribution in [2.45, 2.75) is 24.7 Å². The van der Waals surface area contributed by atoms with E-state index in [-0.39, 0.29) is 11.4 Å². The summed E-state index contributed by atoms with van der Waals surface area (Å²) >= 11 is 0. The van der Waals surface area contributed by atoms with E-state index in [0.717, 1.165) is 0 Å². The standard InChI is InChI=1S/C11H17N3O4S/c1-11(10(15)16)4-3-5-14(8-11)19(17,18)9-6-12-13(2)7-9/h6-7H,3-5,8H2,1-2H3,(H,15,16). The molecule has 7 nitrogen and oxygen atoms in total. The van der Waals surface area contributed by atoms with Crippen molar-refractivity contribution in [1.82, 2.24) is 14.1 Å². The van der Waals surface area contributed by atoms with Gasteiger partial charge in [-0.05, 0) is 19.8 Å². The first-order valence-electron chi connectivity index (χ1n) is 5.98. The van der Waals surface area contributed by atoms with Crippen molar-refractivity contribution in [2.24, 2.45) is 12.5 Å². The van der Waals surface area contributed by atoms with Crippen LogP contribution in [0.2, 0.25) is 0 Å². The molecule has 1 N–H and O–H groups in total. The van der Waals surface area contributed by atoms with E-state index in [1.54, 1.807) is 14.0 Å². The van der Waals surface area contributed by atoms with E-state index < -0.39 is 21.4 Å². The van der Waals surface area contributed by atoms with Crippen LogP contribution in [-0.4, -0.2) is 46.7 Å². The summed E-state index contributed by atoms with van der Waals surface area (Å²) in [4.78, 5) is 11.4. The Balaban J connectivity index is 2.29. The summed E-state index contributed by atoms with van der Waals surface area (Å²) in [5.41, 5.74) is -1.02. The van der Waals surface area contributed by atoms with Crippen molar-refractivity contribution in [2.75, 3.05) is 13.1 Å². The van der Waals surface area contributed by atoms with Crippen LogP contribution >= 0.6 is 0 Å². The monoisotopic (exact) mass is 287 g/mol. The van der Waals surface area contributed by atoms with Gasteiger partial charge in [-0.15, -0.1) is 0 Å². The van der Waals surface area contributed by atoms with Crippen LogP contribution in [0.15, 0.2) is 17.3 Å². The zero-order valence-electron chi connectivity index (χ0n) is 10.9. The lowest BCUT2D eigenvalue weighted by Crippen LogP contribution is -2.48. The molecule has 1 saturated heterocycles. The summed E-state index contributed by atoms with van der Waals surface area (Å²) in [6.07, 6.45) is 3.73. The fourth-order valence-corrected chi connectivity index (χ4v) is 3.84. The van der Waals surface area contributed by atoms with Gasteiger partial charge >= 0.3 is 5.97 Å². The third-order valence-electron chi connectivity index (χ3n) is 3.50. The number of aromatic nitrogens is 2. The van der Waals surface area contributed by atoms with Crippen LogP contribution in [0.25, 0.3) is 0 Å². The number of hydrogen-bond donors (Lipinski definition) is 1. The Kier molecular flexibility index (Phi) is 3.40. The van der Waals surface area contributed by atoms with Gasteiger partial charge in [0.15, 0.2) is 0 Å². The maximum atomic E-state index is 12.4. The summed E-state index contributed by atoms with van der Waals surface area (Å²) in [7, 11) is -2.02. The zero-order valence-corrected chi connectivity index (χ0v) is 11.7. The van der Waals surface area contributed by atoms with Gasteiger partial charge in [-0.25, -0.2) is 8.42 Å². The molecule has 2 rings (SSSR count). The van der Waals surface area contributed by atoms with Gasteiger partial charge in [0.2, 0.25) is 10.0 Å². The summed E-state index contributed by atoms with van der Waals surface area (Å²) in [5, 5.41) is 13.1. The Morgan fingerprint density at radius 3 is 2.74 bits per heavy atom. The smallest absolute Gasteiger partial charge is 0.310 e. The molecule has 8 heteroatoms. The topological polar surface area (TPSA) is 92.5 Å². The van der Waals surface area contributed by atoms with Gasteiger partial charge in [-0.3, -0.25) is 9.48 Å². The van der Waals surface area contributed by atoms with Crippen LogP contribution in [0.5, 0.6) is 0 Å². The summed E-state index contributed by atoms with van der Waals surface area (Å²) in [5.74, 6) is -0.960. The van der Waals surface area contributed by atoms with E-state index in [1.165, 1.54) is 21.4 Å². The summed E-state index contributed by atoms with van der Waals surface area (Å²) in [6, 6.07) is 0. The Bertz CT molecular complexity index is 595. The molecule has 0 radical (unpaired) electrons. The second-order valence-corrected chi connectivity index (χ2v) is 7.10. The second kappa shape index (κ2) is 4.61. The quantitative estimate of drug-likeness (QED) is 0.863. The highest BCUT2D eigenvalue weighted by Gasteiger charge is 2.42. The van der Waals surface area contributed by atoms with Crippen molar-refractivity contribution < 1.29 is 18.3 Å². The molecule has 1 aromatic rings. The number of carboxylic acid groups (broad SMARTS) is 1. The number of carbonyl (C=O) groups is 1. The number of aliphatic carboxylic acids is 1. The highest BCUT2D eigenvalue weighted by atomic mass is 32.2. The number of aryl methyl sites for hydroxylation is 1. The Morgan fingerprint density at radius 1 is 1.53 bits per heavy atom. The van der Waals surface area contributed by atoms with Crippen molar-refractivity contribution in [3.05, 3.63) is 12.4 Å². The average Bonchev–Trinajstić information content (AvgIpc) is 2.76. The molecule has 1 aliphatic heterocycles. The van der Waals surface area contributed by atoms with Crippen molar-refractivity contribution >= 4 is 16.0 Å². The minimum atomic E-state index is -3.66. The van der Waals surface area contributed by atoms with E-state index in [9.17, 15) is 18.3 Å². The molecule has 1 fully saturated rings. The maximum absolute atomic E-state index is 12.4. The van der Waals surface area contributed by atoms with E-state index in [4.69, 9.17) is 0 Å². The molecule has 0 aromatic carbocycles. The first-order valence-corrected chi connectivity index (χ1v) is 7.42. The van der Waals surface area contributed by atoms with Gasteiger partial charge in [0.05, 0.1) is 11.6 Å². The summed E-state index contributed by atoms with van der Waals surface area (Å²) in [6.45, 7) is 1.93. The molecule has 0 spiro atoms. The first kappa shape index (κ1) is 14.0. The van der Waals surface area contributed by atoms with Crippen LogP contribution in [0.1, 0.15) is 19.8 Å². The van der Waals surface area contributed by atoms with Crippen LogP contribution in [0, 0.1) is 5.41 Å². The number of carboxylic acids is 1. The third-order valence-corrected chi connectivity index (χ3v) is 5.29. The minimum absolute atomic E-state index is 0.000436. The van der Waals surface area contributed by atoms with Gasteiger partial charge in [-0.2, -0.15) is 9.40 Å². The molecule has 1 aliphatic rings. The Morgan fingerprint density at radius 2 is 2.21 bits per heavy atom. The minimum Gasteiger partial charge on any atom is -0.481 e. The van der Waals surface area contributed by atoms with E-state index in [0.29, 0.717) is 19.4 Å². The molecule has 1 aromatic heterocycles. The molecule has 0 aliphatic carbocycles. The molecule has 1 atom stereocenters. The molecule has 0 amide bonds. The predicted octanol–water partition coefficient (Wildman–Crippen LogP) is 0.295. The van der Waals surface area contributed by atoms with E-state index in [1.807, 2.05) is 0 Å². The number of piperidine rings is 1. The van der Waals surface area contributed by atoms with Gasteiger partial charge in [-0.1, -0.05) is 0 Å².